The highest BCUT2D eigenvalue weighted by molar-refractivity contribution is 6.04. The van der Waals surface area contributed by atoms with E-state index in [0.29, 0.717) is 23.1 Å². The largest absolute Gasteiger partial charge is 0.416 e. The Hall–Kier alpha value is -5.00. The molecule has 0 bridgehead atoms. The van der Waals surface area contributed by atoms with E-state index in [1.807, 2.05) is 11.5 Å². The fourth-order valence-corrected chi connectivity index (χ4v) is 3.76. The highest BCUT2D eigenvalue weighted by atomic mass is 19.4. The zero-order chi connectivity index (χ0) is 26.9. The predicted octanol–water partition coefficient (Wildman–Crippen LogP) is 5.48. The Kier molecular flexibility index (Phi) is 6.37. The number of rotatable bonds is 6. The van der Waals surface area contributed by atoms with Crippen molar-refractivity contribution < 1.29 is 18.0 Å². The van der Waals surface area contributed by atoms with Crippen molar-refractivity contribution in [2.45, 2.75) is 20.0 Å². The monoisotopic (exact) mass is 518 g/mol. The van der Waals surface area contributed by atoms with Gasteiger partial charge in [0.25, 0.3) is 5.91 Å². The third-order valence-electron chi connectivity index (χ3n) is 5.63. The van der Waals surface area contributed by atoms with Gasteiger partial charge in [-0.3, -0.25) is 9.36 Å². The summed E-state index contributed by atoms with van der Waals surface area (Å²) in [4.78, 5) is 29.8. The summed E-state index contributed by atoms with van der Waals surface area (Å²) < 4.78 is 43.8. The Morgan fingerprint density at radius 1 is 0.921 bits per heavy atom. The van der Waals surface area contributed by atoms with Gasteiger partial charge in [-0.05, 0) is 62.4 Å². The zero-order valence-electron chi connectivity index (χ0n) is 20.2. The van der Waals surface area contributed by atoms with Gasteiger partial charge in [0.05, 0.1) is 17.6 Å². The summed E-state index contributed by atoms with van der Waals surface area (Å²) in [5, 5.41) is 5.63. The maximum absolute atomic E-state index is 13.5. The predicted molar refractivity (Wildman–Crippen MR) is 135 cm³/mol. The van der Waals surface area contributed by atoms with Crippen molar-refractivity contribution in [2.24, 2.45) is 0 Å². The Morgan fingerprint density at radius 3 is 2.37 bits per heavy atom. The number of carbonyl (C=O) groups is 1. The van der Waals surface area contributed by atoms with Gasteiger partial charge in [-0.25, -0.2) is 15.0 Å². The maximum Gasteiger partial charge on any atom is 0.416 e. The van der Waals surface area contributed by atoms with E-state index in [2.05, 4.69) is 30.6 Å². The summed E-state index contributed by atoms with van der Waals surface area (Å²) >= 11 is 0. The highest BCUT2D eigenvalue weighted by Gasteiger charge is 2.31. The summed E-state index contributed by atoms with van der Waals surface area (Å²) in [7, 11) is 0. The van der Waals surface area contributed by atoms with Crippen LogP contribution in [0.5, 0.6) is 0 Å². The first-order valence-corrected chi connectivity index (χ1v) is 11.4. The number of aromatic nitrogens is 6. The number of aryl methyl sites for hydroxylation is 2. The number of hydrogen-bond acceptors (Lipinski definition) is 6. The SMILES string of the molecule is Cc1cn(-c2cc(NC(=O)c3ccc(Nc4nccc(-n5ccnc5C)n4)cc3)cc(C(F)(F)F)c2)cn1. The minimum Gasteiger partial charge on any atom is -0.324 e. The summed E-state index contributed by atoms with van der Waals surface area (Å²) in [5.41, 5.74) is 0.881. The molecule has 9 nitrogen and oxygen atoms in total. The average Bonchev–Trinajstić information content (AvgIpc) is 3.52. The summed E-state index contributed by atoms with van der Waals surface area (Å²) in [6.45, 7) is 3.59. The number of nitrogens with one attached hydrogen (secondary N) is 2. The maximum atomic E-state index is 13.5. The Bertz CT molecular complexity index is 1610. The van der Waals surface area contributed by atoms with E-state index >= 15 is 0 Å². The summed E-state index contributed by atoms with van der Waals surface area (Å²) in [5.74, 6) is 1.20. The number of anilines is 3. The molecular formula is C26H21F3N8O. The number of nitrogens with zero attached hydrogens (tertiary/aromatic N) is 6. The van der Waals surface area contributed by atoms with Crippen LogP contribution in [0.15, 0.2) is 79.6 Å². The smallest absolute Gasteiger partial charge is 0.324 e. The van der Waals surface area contributed by atoms with Gasteiger partial charge in [0.1, 0.15) is 11.6 Å². The van der Waals surface area contributed by atoms with E-state index in [-0.39, 0.29) is 16.9 Å². The van der Waals surface area contributed by atoms with Crippen molar-refractivity contribution in [1.29, 1.82) is 0 Å². The summed E-state index contributed by atoms with van der Waals surface area (Å²) in [6.07, 6.45) is 3.50. The molecule has 0 saturated heterocycles. The van der Waals surface area contributed by atoms with Crippen LogP contribution in [0, 0.1) is 13.8 Å². The molecule has 1 amide bonds. The second-order valence-electron chi connectivity index (χ2n) is 8.43. The van der Waals surface area contributed by atoms with E-state index in [9.17, 15) is 18.0 Å². The number of alkyl halides is 3. The molecule has 0 saturated carbocycles. The second kappa shape index (κ2) is 9.81. The summed E-state index contributed by atoms with van der Waals surface area (Å²) in [6, 6.07) is 11.5. The van der Waals surface area contributed by atoms with Crippen molar-refractivity contribution in [3.63, 3.8) is 0 Å². The Morgan fingerprint density at radius 2 is 1.71 bits per heavy atom. The topological polar surface area (TPSA) is 103 Å². The van der Waals surface area contributed by atoms with Gasteiger partial charge < -0.3 is 15.2 Å². The fraction of sp³-hybridized carbons (Fsp3) is 0.115. The van der Waals surface area contributed by atoms with E-state index < -0.39 is 17.6 Å². The van der Waals surface area contributed by atoms with Crippen molar-refractivity contribution in [2.75, 3.05) is 10.6 Å². The van der Waals surface area contributed by atoms with E-state index in [0.717, 1.165) is 18.0 Å². The quantitative estimate of drug-likeness (QED) is 0.309. The number of imidazole rings is 2. The molecule has 3 aromatic heterocycles. The molecule has 0 aliphatic rings. The van der Waals surface area contributed by atoms with Crippen LogP contribution in [0.3, 0.4) is 0 Å². The lowest BCUT2D eigenvalue weighted by Gasteiger charge is -2.14. The third kappa shape index (κ3) is 5.38. The van der Waals surface area contributed by atoms with Gasteiger partial charge in [0.15, 0.2) is 0 Å². The first kappa shape index (κ1) is 24.7. The molecule has 0 fully saturated rings. The molecule has 38 heavy (non-hydrogen) atoms. The molecular weight excluding hydrogens is 497 g/mol. The molecule has 12 heteroatoms. The third-order valence-corrected chi connectivity index (χ3v) is 5.63. The van der Waals surface area contributed by atoms with Gasteiger partial charge in [-0.1, -0.05) is 0 Å². The van der Waals surface area contributed by atoms with Crippen LogP contribution in [0.2, 0.25) is 0 Å². The van der Waals surface area contributed by atoms with Crippen LogP contribution in [0.25, 0.3) is 11.5 Å². The molecule has 0 aliphatic heterocycles. The molecule has 0 aliphatic carbocycles. The zero-order valence-corrected chi connectivity index (χ0v) is 20.2. The number of carbonyl (C=O) groups excluding carboxylic acids is 1. The van der Waals surface area contributed by atoms with Crippen molar-refractivity contribution >= 4 is 23.2 Å². The number of halogens is 3. The normalized spacial score (nSPS) is 11.4. The Balaban J connectivity index is 1.33. The van der Waals surface area contributed by atoms with Crippen molar-refractivity contribution in [1.82, 2.24) is 29.1 Å². The minimum atomic E-state index is -4.59. The second-order valence-corrected chi connectivity index (χ2v) is 8.43. The first-order chi connectivity index (χ1) is 18.2. The minimum absolute atomic E-state index is 0.00777. The lowest BCUT2D eigenvalue weighted by Crippen LogP contribution is -2.14. The van der Waals surface area contributed by atoms with Crippen molar-refractivity contribution in [3.05, 3.63) is 102 Å². The molecule has 0 unspecified atom stereocenters. The molecule has 192 valence electrons. The molecule has 0 spiro atoms. The molecule has 3 heterocycles. The molecule has 2 N–H and O–H groups in total. The van der Waals surface area contributed by atoms with Gasteiger partial charge in [0, 0.05) is 47.4 Å². The molecule has 2 aromatic carbocycles. The fourth-order valence-electron chi connectivity index (χ4n) is 3.76. The lowest BCUT2D eigenvalue weighted by atomic mass is 10.1. The number of hydrogen-bond donors (Lipinski definition) is 2. The average molecular weight is 519 g/mol. The van der Waals surface area contributed by atoms with E-state index in [1.54, 1.807) is 62.0 Å². The molecule has 5 aromatic rings. The number of amides is 1. The van der Waals surface area contributed by atoms with Gasteiger partial charge in [-0.15, -0.1) is 0 Å². The molecule has 0 atom stereocenters. The molecule has 0 radical (unpaired) electrons. The van der Waals surface area contributed by atoms with E-state index in [4.69, 9.17) is 0 Å². The highest BCUT2D eigenvalue weighted by Crippen LogP contribution is 2.33. The van der Waals surface area contributed by atoms with Crippen LogP contribution in [0.1, 0.15) is 27.4 Å². The van der Waals surface area contributed by atoms with Gasteiger partial charge in [0.2, 0.25) is 5.95 Å². The van der Waals surface area contributed by atoms with Gasteiger partial charge in [-0.2, -0.15) is 18.2 Å². The van der Waals surface area contributed by atoms with Crippen LogP contribution in [-0.4, -0.2) is 35.0 Å². The van der Waals surface area contributed by atoms with Crippen LogP contribution in [-0.2, 0) is 6.18 Å². The van der Waals surface area contributed by atoms with Crippen LogP contribution >= 0.6 is 0 Å². The standard InChI is InChI=1S/C26H21F3N8O/c1-16-14-36(15-32-16)22-12-19(26(27,28)29)11-21(13-22)33-24(38)18-3-5-20(6-4-18)34-25-31-8-7-23(35-25)37-10-9-30-17(37)2/h3-15H,1-2H3,(H,33,38)(H,31,34,35). The molecule has 5 rings (SSSR count). The van der Waals surface area contributed by atoms with Crippen molar-refractivity contribution in [3.8, 4) is 11.5 Å². The van der Waals surface area contributed by atoms with Crippen LogP contribution < -0.4 is 10.6 Å². The van der Waals surface area contributed by atoms with Crippen LogP contribution in [0.4, 0.5) is 30.5 Å². The van der Waals surface area contributed by atoms with E-state index in [1.165, 1.54) is 17.0 Å². The van der Waals surface area contributed by atoms with Gasteiger partial charge >= 0.3 is 6.18 Å². The number of benzene rings is 2. The first-order valence-electron chi connectivity index (χ1n) is 11.4. The Labute approximate surface area is 215 Å². The lowest BCUT2D eigenvalue weighted by molar-refractivity contribution is -0.137.